The molecule has 68 heavy (non-hydrogen) atoms. The molecular formula is C62H115NO5. The second kappa shape index (κ2) is 57.4. The molecule has 0 radical (unpaired) electrons. The lowest BCUT2D eigenvalue weighted by Gasteiger charge is -2.20. The SMILES string of the molecule is CCC/C=C\C/C=C\CCCCCCCC(=O)OCCCCCCCCCCC/C=C\CCCCCCCC(=O)NC(CO)C(O)/C=C/CCCCCCCCCCCCCCCCCCCC. The molecule has 0 aromatic rings. The predicted octanol–water partition coefficient (Wildman–Crippen LogP) is 18.6. The maximum atomic E-state index is 12.5. The number of carbonyl (C=O) groups is 2. The summed E-state index contributed by atoms with van der Waals surface area (Å²) in [5.74, 6) is -0.0949. The van der Waals surface area contributed by atoms with Crippen molar-refractivity contribution in [2.75, 3.05) is 13.2 Å². The molecule has 0 fully saturated rings. The molecule has 0 spiro atoms. The largest absolute Gasteiger partial charge is 0.466 e. The Morgan fingerprint density at radius 1 is 0.412 bits per heavy atom. The third-order valence-electron chi connectivity index (χ3n) is 13.5. The highest BCUT2D eigenvalue weighted by molar-refractivity contribution is 5.76. The van der Waals surface area contributed by atoms with Crippen LogP contribution in [0.2, 0.25) is 0 Å². The molecule has 6 heteroatoms. The minimum Gasteiger partial charge on any atom is -0.466 e. The van der Waals surface area contributed by atoms with E-state index in [2.05, 4.69) is 55.6 Å². The highest BCUT2D eigenvalue weighted by Crippen LogP contribution is 2.16. The first-order chi connectivity index (χ1) is 33.5. The fourth-order valence-electron chi connectivity index (χ4n) is 8.96. The number of hydrogen-bond donors (Lipinski definition) is 3. The van der Waals surface area contributed by atoms with E-state index in [0.29, 0.717) is 19.4 Å². The normalized spacial score (nSPS) is 12.9. The van der Waals surface area contributed by atoms with E-state index in [-0.39, 0.29) is 18.5 Å². The number of ether oxygens (including phenoxy) is 1. The van der Waals surface area contributed by atoms with E-state index < -0.39 is 12.1 Å². The van der Waals surface area contributed by atoms with Crippen molar-refractivity contribution in [3.63, 3.8) is 0 Å². The molecule has 0 aliphatic carbocycles. The highest BCUT2D eigenvalue weighted by atomic mass is 16.5. The molecule has 0 aliphatic heterocycles. The Labute approximate surface area is 423 Å². The second-order valence-corrected chi connectivity index (χ2v) is 20.3. The zero-order chi connectivity index (χ0) is 49.3. The molecule has 0 aliphatic rings. The van der Waals surface area contributed by atoms with Crippen LogP contribution in [-0.4, -0.2) is 47.4 Å². The molecule has 0 saturated heterocycles. The Hall–Kier alpha value is -2.18. The van der Waals surface area contributed by atoms with Gasteiger partial charge >= 0.3 is 5.97 Å². The lowest BCUT2D eigenvalue weighted by Crippen LogP contribution is -2.45. The van der Waals surface area contributed by atoms with E-state index >= 15 is 0 Å². The van der Waals surface area contributed by atoms with Crippen LogP contribution in [0.3, 0.4) is 0 Å². The number of amides is 1. The molecule has 0 bridgehead atoms. The molecule has 1 amide bonds. The summed E-state index contributed by atoms with van der Waals surface area (Å²) in [6.45, 7) is 4.83. The zero-order valence-corrected chi connectivity index (χ0v) is 45.3. The van der Waals surface area contributed by atoms with Gasteiger partial charge in [0, 0.05) is 12.8 Å². The summed E-state index contributed by atoms with van der Waals surface area (Å²) in [7, 11) is 0. The van der Waals surface area contributed by atoms with Crippen LogP contribution in [0, 0.1) is 0 Å². The van der Waals surface area contributed by atoms with Crippen molar-refractivity contribution in [2.24, 2.45) is 0 Å². The Bertz CT molecular complexity index is 1150. The van der Waals surface area contributed by atoms with Gasteiger partial charge in [-0.3, -0.25) is 9.59 Å². The average Bonchev–Trinajstić information content (AvgIpc) is 3.34. The van der Waals surface area contributed by atoms with E-state index in [1.54, 1.807) is 6.08 Å². The fourth-order valence-corrected chi connectivity index (χ4v) is 8.96. The number of aliphatic hydroxyl groups excluding tert-OH is 2. The maximum Gasteiger partial charge on any atom is 0.305 e. The molecule has 0 aromatic heterocycles. The van der Waals surface area contributed by atoms with Gasteiger partial charge in [-0.25, -0.2) is 0 Å². The molecule has 398 valence electrons. The third-order valence-corrected chi connectivity index (χ3v) is 13.5. The summed E-state index contributed by atoms with van der Waals surface area (Å²) in [4.78, 5) is 24.5. The topological polar surface area (TPSA) is 95.9 Å². The molecule has 0 aromatic carbocycles. The number of hydrogen-bond acceptors (Lipinski definition) is 5. The van der Waals surface area contributed by atoms with Crippen molar-refractivity contribution in [3.05, 3.63) is 48.6 Å². The summed E-state index contributed by atoms with van der Waals surface area (Å²) in [5.41, 5.74) is 0. The Kier molecular flexibility index (Phi) is 55.6. The van der Waals surface area contributed by atoms with Gasteiger partial charge in [0.15, 0.2) is 0 Å². The van der Waals surface area contributed by atoms with Crippen LogP contribution in [-0.2, 0) is 14.3 Å². The van der Waals surface area contributed by atoms with Crippen molar-refractivity contribution in [3.8, 4) is 0 Å². The van der Waals surface area contributed by atoms with Crippen molar-refractivity contribution >= 4 is 11.9 Å². The van der Waals surface area contributed by atoms with E-state index in [1.165, 1.54) is 212 Å². The number of nitrogens with one attached hydrogen (secondary N) is 1. The van der Waals surface area contributed by atoms with Crippen molar-refractivity contribution in [1.29, 1.82) is 0 Å². The summed E-state index contributed by atoms with van der Waals surface area (Å²) >= 11 is 0. The Morgan fingerprint density at radius 2 is 0.765 bits per heavy atom. The minimum absolute atomic E-state index is 0.0135. The summed E-state index contributed by atoms with van der Waals surface area (Å²) in [6.07, 6.45) is 72.8. The van der Waals surface area contributed by atoms with Gasteiger partial charge in [-0.1, -0.05) is 262 Å². The van der Waals surface area contributed by atoms with E-state index in [9.17, 15) is 19.8 Å². The van der Waals surface area contributed by atoms with Crippen molar-refractivity contribution < 1.29 is 24.5 Å². The number of aliphatic hydroxyl groups is 2. The standard InChI is InChI=1S/C62H115NO5/c1-3-5-7-9-11-13-15-17-18-19-20-21-24-27-31-34-38-42-46-50-54-60(65)59(58-64)63-61(66)55-51-47-43-39-35-32-28-25-22-23-26-29-33-37-41-45-49-53-57-68-62(67)56-52-48-44-40-36-30-16-14-12-10-8-6-4-2/h8,10,14,16,25,28,50,54,59-60,64-65H,3-7,9,11-13,15,17-24,26-27,29-49,51-53,55-58H2,1-2H3,(H,63,66)/b10-8-,16-14-,28-25-,54-50+. The summed E-state index contributed by atoms with van der Waals surface area (Å²) in [5, 5.41) is 23.2. The van der Waals surface area contributed by atoms with Crippen molar-refractivity contribution in [2.45, 2.75) is 321 Å². The number of allylic oxidation sites excluding steroid dienone is 7. The molecule has 0 saturated carbocycles. The number of rotatable bonds is 55. The van der Waals surface area contributed by atoms with Gasteiger partial charge in [0.05, 0.1) is 25.4 Å². The summed E-state index contributed by atoms with van der Waals surface area (Å²) < 4.78 is 5.46. The maximum absolute atomic E-state index is 12.5. The second-order valence-electron chi connectivity index (χ2n) is 20.3. The van der Waals surface area contributed by atoms with Crippen LogP contribution in [0.5, 0.6) is 0 Å². The third kappa shape index (κ3) is 53.2. The molecule has 2 unspecified atom stereocenters. The van der Waals surface area contributed by atoms with Gasteiger partial charge in [0.1, 0.15) is 0 Å². The van der Waals surface area contributed by atoms with Gasteiger partial charge in [-0.2, -0.15) is 0 Å². The van der Waals surface area contributed by atoms with Crippen LogP contribution in [0.15, 0.2) is 48.6 Å². The highest BCUT2D eigenvalue weighted by Gasteiger charge is 2.18. The van der Waals surface area contributed by atoms with E-state index in [4.69, 9.17) is 4.74 Å². The lowest BCUT2D eigenvalue weighted by molar-refractivity contribution is -0.143. The lowest BCUT2D eigenvalue weighted by atomic mass is 10.0. The number of esters is 1. The smallest absolute Gasteiger partial charge is 0.305 e. The molecule has 3 N–H and O–H groups in total. The van der Waals surface area contributed by atoms with Crippen LogP contribution in [0.25, 0.3) is 0 Å². The van der Waals surface area contributed by atoms with Crippen LogP contribution in [0.1, 0.15) is 309 Å². The van der Waals surface area contributed by atoms with Crippen molar-refractivity contribution in [1.82, 2.24) is 5.32 Å². The van der Waals surface area contributed by atoms with Crippen LogP contribution >= 0.6 is 0 Å². The van der Waals surface area contributed by atoms with E-state index in [0.717, 1.165) is 70.6 Å². The number of carbonyl (C=O) groups excluding carboxylic acids is 2. The van der Waals surface area contributed by atoms with Crippen LogP contribution < -0.4 is 5.32 Å². The van der Waals surface area contributed by atoms with Gasteiger partial charge in [-0.15, -0.1) is 0 Å². The van der Waals surface area contributed by atoms with Gasteiger partial charge in [0.25, 0.3) is 0 Å². The van der Waals surface area contributed by atoms with E-state index in [1.807, 2.05) is 6.08 Å². The molecule has 0 rings (SSSR count). The first kappa shape index (κ1) is 65.8. The molecule has 6 nitrogen and oxygen atoms in total. The fraction of sp³-hybridized carbons (Fsp3) is 0.839. The quantitative estimate of drug-likeness (QED) is 0.0321. The van der Waals surface area contributed by atoms with Gasteiger partial charge in [0.2, 0.25) is 5.91 Å². The Morgan fingerprint density at radius 3 is 1.19 bits per heavy atom. The molecule has 2 atom stereocenters. The zero-order valence-electron chi connectivity index (χ0n) is 45.3. The monoisotopic (exact) mass is 954 g/mol. The first-order valence-electron chi connectivity index (χ1n) is 29.9. The number of unbranched alkanes of at least 4 members (excludes halogenated alkanes) is 38. The Balaban J connectivity index is 3.50. The van der Waals surface area contributed by atoms with Gasteiger partial charge in [-0.05, 0) is 83.5 Å². The van der Waals surface area contributed by atoms with Gasteiger partial charge < -0.3 is 20.3 Å². The summed E-state index contributed by atoms with van der Waals surface area (Å²) in [6, 6.07) is -0.640. The van der Waals surface area contributed by atoms with Crippen LogP contribution in [0.4, 0.5) is 0 Å². The first-order valence-corrected chi connectivity index (χ1v) is 29.9. The predicted molar refractivity (Wildman–Crippen MR) is 296 cm³/mol. The molecular weight excluding hydrogens is 839 g/mol. The minimum atomic E-state index is -0.855. The molecule has 0 heterocycles. The average molecular weight is 955 g/mol.